The van der Waals surface area contributed by atoms with Gasteiger partial charge in [-0.05, 0) is 37.8 Å². The third kappa shape index (κ3) is 3.04. The molecule has 112 valence electrons. The average Bonchev–Trinajstić information content (AvgIpc) is 2.47. The highest BCUT2D eigenvalue weighted by Crippen LogP contribution is 2.33. The molecule has 5 heteroatoms. The van der Waals surface area contributed by atoms with Gasteiger partial charge in [-0.3, -0.25) is 0 Å². The molecule has 1 aliphatic rings. The number of rotatable bonds is 3. The van der Waals surface area contributed by atoms with Gasteiger partial charge >= 0.3 is 0 Å². The van der Waals surface area contributed by atoms with E-state index >= 15 is 0 Å². The molecule has 1 saturated carbocycles. The van der Waals surface area contributed by atoms with E-state index in [0.717, 1.165) is 24.0 Å². The molecule has 0 saturated heterocycles. The average molecular weight is 305 g/mol. The van der Waals surface area contributed by atoms with Crippen LogP contribution >= 0.6 is 0 Å². The molecular formula is C16H19NO3S. The summed E-state index contributed by atoms with van der Waals surface area (Å²) in [7, 11) is -3.73. The van der Waals surface area contributed by atoms with Crippen LogP contribution in [0.15, 0.2) is 41.3 Å². The lowest BCUT2D eigenvalue weighted by Crippen LogP contribution is -2.20. The Bertz CT molecular complexity index is 749. The van der Waals surface area contributed by atoms with E-state index < -0.39 is 10.0 Å². The van der Waals surface area contributed by atoms with Gasteiger partial charge in [0.25, 0.3) is 0 Å². The fourth-order valence-electron chi connectivity index (χ4n) is 2.96. The van der Waals surface area contributed by atoms with Crippen LogP contribution in [-0.4, -0.2) is 14.5 Å². The Morgan fingerprint density at radius 3 is 2.29 bits per heavy atom. The highest BCUT2D eigenvalue weighted by atomic mass is 32.2. The van der Waals surface area contributed by atoms with E-state index in [4.69, 9.17) is 9.88 Å². The van der Waals surface area contributed by atoms with E-state index in [-0.39, 0.29) is 11.0 Å². The number of benzene rings is 2. The van der Waals surface area contributed by atoms with Crippen molar-refractivity contribution in [2.45, 2.75) is 43.1 Å². The maximum absolute atomic E-state index is 11.7. The van der Waals surface area contributed by atoms with Crippen LogP contribution in [0.25, 0.3) is 10.8 Å². The molecule has 0 amide bonds. The first-order valence-electron chi connectivity index (χ1n) is 7.27. The van der Waals surface area contributed by atoms with Crippen molar-refractivity contribution in [3.8, 4) is 5.75 Å². The van der Waals surface area contributed by atoms with Gasteiger partial charge in [0.2, 0.25) is 10.0 Å². The topological polar surface area (TPSA) is 69.4 Å². The van der Waals surface area contributed by atoms with Crippen LogP contribution in [0.2, 0.25) is 0 Å². The molecule has 0 unspecified atom stereocenters. The van der Waals surface area contributed by atoms with Crippen LogP contribution in [0.1, 0.15) is 32.1 Å². The minimum absolute atomic E-state index is 0.147. The summed E-state index contributed by atoms with van der Waals surface area (Å²) in [4.78, 5) is 0.147. The summed E-state index contributed by atoms with van der Waals surface area (Å²) in [5.74, 6) is 0.741. The van der Waals surface area contributed by atoms with Crippen LogP contribution in [0.5, 0.6) is 5.75 Å². The molecule has 2 N–H and O–H groups in total. The van der Waals surface area contributed by atoms with Crippen LogP contribution in [-0.2, 0) is 10.0 Å². The molecule has 2 aromatic carbocycles. The highest BCUT2D eigenvalue weighted by molar-refractivity contribution is 7.89. The Balaban J connectivity index is 2.04. The predicted octanol–water partition coefficient (Wildman–Crippen LogP) is 3.20. The summed E-state index contributed by atoms with van der Waals surface area (Å²) >= 11 is 0. The summed E-state index contributed by atoms with van der Waals surface area (Å²) < 4.78 is 29.5. The normalized spacial score (nSPS) is 17.0. The quantitative estimate of drug-likeness (QED) is 0.946. The second-order valence-electron chi connectivity index (χ2n) is 5.53. The maximum Gasteiger partial charge on any atom is 0.238 e. The van der Waals surface area contributed by atoms with Crippen molar-refractivity contribution >= 4 is 20.8 Å². The van der Waals surface area contributed by atoms with Crippen LogP contribution in [0.4, 0.5) is 0 Å². The van der Waals surface area contributed by atoms with Crippen molar-refractivity contribution in [3.63, 3.8) is 0 Å². The molecule has 1 aliphatic carbocycles. The van der Waals surface area contributed by atoms with E-state index in [1.807, 2.05) is 12.1 Å². The second-order valence-corrected chi connectivity index (χ2v) is 7.06. The zero-order valence-corrected chi connectivity index (χ0v) is 12.6. The van der Waals surface area contributed by atoms with Gasteiger partial charge in [-0.1, -0.05) is 30.7 Å². The number of fused-ring (bicyclic) bond motifs is 1. The molecule has 4 nitrogen and oxygen atoms in total. The van der Waals surface area contributed by atoms with Gasteiger partial charge in [-0.2, -0.15) is 0 Å². The summed E-state index contributed by atoms with van der Waals surface area (Å²) in [6, 6.07) is 10.6. The molecule has 0 heterocycles. The summed E-state index contributed by atoms with van der Waals surface area (Å²) in [5, 5.41) is 6.71. The maximum atomic E-state index is 11.7. The summed E-state index contributed by atoms with van der Waals surface area (Å²) in [5.41, 5.74) is 0. The minimum atomic E-state index is -3.73. The van der Waals surface area contributed by atoms with Crippen molar-refractivity contribution in [2.24, 2.45) is 5.14 Å². The summed E-state index contributed by atoms with van der Waals surface area (Å²) in [6.07, 6.45) is 6.00. The number of hydrogen-bond acceptors (Lipinski definition) is 3. The third-order valence-corrected chi connectivity index (χ3v) is 4.97. The van der Waals surface area contributed by atoms with E-state index in [1.165, 1.54) is 25.3 Å². The second kappa shape index (κ2) is 5.66. The molecule has 0 aromatic heterocycles. The number of hydrogen-bond donors (Lipinski definition) is 1. The van der Waals surface area contributed by atoms with Crippen molar-refractivity contribution in [1.82, 2.24) is 0 Å². The molecule has 0 atom stereocenters. The van der Waals surface area contributed by atoms with Crippen LogP contribution < -0.4 is 9.88 Å². The van der Waals surface area contributed by atoms with Crippen molar-refractivity contribution in [1.29, 1.82) is 0 Å². The van der Waals surface area contributed by atoms with Gasteiger partial charge in [-0.15, -0.1) is 0 Å². The molecule has 0 radical (unpaired) electrons. The van der Waals surface area contributed by atoms with E-state index in [2.05, 4.69) is 0 Å². The van der Waals surface area contributed by atoms with Crippen molar-refractivity contribution < 1.29 is 13.2 Å². The van der Waals surface area contributed by atoms with Gasteiger partial charge in [0.1, 0.15) is 5.75 Å². The zero-order valence-electron chi connectivity index (χ0n) is 11.8. The monoisotopic (exact) mass is 305 g/mol. The molecule has 0 aliphatic heterocycles. The van der Waals surface area contributed by atoms with Crippen molar-refractivity contribution in [3.05, 3.63) is 36.4 Å². The number of primary sulfonamides is 1. The van der Waals surface area contributed by atoms with Gasteiger partial charge < -0.3 is 4.74 Å². The largest absolute Gasteiger partial charge is 0.490 e. The molecule has 2 aromatic rings. The van der Waals surface area contributed by atoms with Crippen LogP contribution in [0.3, 0.4) is 0 Å². The van der Waals surface area contributed by atoms with E-state index in [0.29, 0.717) is 5.39 Å². The summed E-state index contributed by atoms with van der Waals surface area (Å²) in [6.45, 7) is 0. The first-order valence-corrected chi connectivity index (χ1v) is 8.81. The Kier molecular flexibility index (Phi) is 3.87. The SMILES string of the molecule is NS(=O)(=O)c1ccc(OC2CCCCC2)c2ccccc12. The molecular weight excluding hydrogens is 286 g/mol. The van der Waals surface area contributed by atoms with Gasteiger partial charge in [0, 0.05) is 10.8 Å². The van der Waals surface area contributed by atoms with Gasteiger partial charge in [0.15, 0.2) is 0 Å². The molecule has 21 heavy (non-hydrogen) atoms. The van der Waals surface area contributed by atoms with Crippen molar-refractivity contribution in [2.75, 3.05) is 0 Å². The lowest BCUT2D eigenvalue weighted by atomic mass is 9.97. The van der Waals surface area contributed by atoms with Gasteiger partial charge in [-0.25, -0.2) is 13.6 Å². The van der Waals surface area contributed by atoms with E-state index in [1.54, 1.807) is 18.2 Å². The van der Waals surface area contributed by atoms with E-state index in [9.17, 15) is 8.42 Å². The lowest BCUT2D eigenvalue weighted by Gasteiger charge is -2.24. The molecule has 0 spiro atoms. The highest BCUT2D eigenvalue weighted by Gasteiger charge is 2.18. The first kappa shape index (κ1) is 14.4. The molecule has 1 fully saturated rings. The zero-order chi connectivity index (χ0) is 14.9. The lowest BCUT2D eigenvalue weighted by molar-refractivity contribution is 0.157. The fourth-order valence-corrected chi connectivity index (χ4v) is 3.70. The Hall–Kier alpha value is -1.59. The molecule has 3 rings (SSSR count). The standard InChI is InChI=1S/C16H19NO3S/c17-21(18,19)16-11-10-15(13-8-4-5-9-14(13)16)20-12-6-2-1-3-7-12/h4-5,8-12H,1-3,6-7H2,(H2,17,18,19). The van der Waals surface area contributed by atoms with Crippen LogP contribution in [0, 0.1) is 0 Å². The first-order chi connectivity index (χ1) is 10.1. The minimum Gasteiger partial charge on any atom is -0.490 e. The van der Waals surface area contributed by atoms with Gasteiger partial charge in [0.05, 0.1) is 11.0 Å². The smallest absolute Gasteiger partial charge is 0.238 e. The number of sulfonamides is 1. The third-order valence-electron chi connectivity index (χ3n) is 4.00. The molecule has 0 bridgehead atoms. The predicted molar refractivity (Wildman–Crippen MR) is 82.8 cm³/mol. The number of nitrogens with two attached hydrogens (primary N) is 1. The Labute approximate surface area is 125 Å². The number of ether oxygens (including phenoxy) is 1. The Morgan fingerprint density at radius 1 is 0.952 bits per heavy atom. The fraction of sp³-hybridized carbons (Fsp3) is 0.375. The Morgan fingerprint density at radius 2 is 1.62 bits per heavy atom.